The van der Waals surface area contributed by atoms with Gasteiger partial charge in [0.25, 0.3) is 0 Å². The molecular weight excluding hydrogens is 319 g/mol. The largest absolute Gasteiger partial charge is 0.416 e. The van der Waals surface area contributed by atoms with Crippen LogP contribution in [0.5, 0.6) is 0 Å². The molecule has 2 heterocycles. The number of anilines is 1. The Morgan fingerprint density at radius 1 is 1.21 bits per heavy atom. The van der Waals surface area contributed by atoms with E-state index in [9.17, 15) is 13.2 Å². The van der Waals surface area contributed by atoms with E-state index in [1.165, 1.54) is 24.8 Å². The summed E-state index contributed by atoms with van der Waals surface area (Å²) in [6.45, 7) is 2.48. The standard InChI is InChI=1S/C16H16F3N5/c1-10(11-3-2-4-12(7-11)16(17,18)19)5-6-20-14-13-15(22-8-21-13)24-9-23-14/h2-4,7-10H,5-6H2,1H3,(H2,20,21,22,23,24). The highest BCUT2D eigenvalue weighted by Gasteiger charge is 2.30. The Labute approximate surface area is 136 Å². The highest BCUT2D eigenvalue weighted by Crippen LogP contribution is 2.31. The summed E-state index contributed by atoms with van der Waals surface area (Å²) in [5.41, 5.74) is 1.33. The molecule has 3 aromatic rings. The molecule has 2 aromatic heterocycles. The normalized spacial score (nSPS) is 13.2. The lowest BCUT2D eigenvalue weighted by Crippen LogP contribution is -2.09. The van der Waals surface area contributed by atoms with E-state index in [0.717, 1.165) is 6.07 Å². The van der Waals surface area contributed by atoms with Gasteiger partial charge in [-0.3, -0.25) is 0 Å². The van der Waals surface area contributed by atoms with Gasteiger partial charge in [-0.25, -0.2) is 15.0 Å². The number of benzene rings is 1. The van der Waals surface area contributed by atoms with Gasteiger partial charge in [0.15, 0.2) is 11.5 Å². The molecule has 0 aliphatic carbocycles. The molecule has 0 amide bonds. The molecule has 0 aliphatic heterocycles. The van der Waals surface area contributed by atoms with Crippen LogP contribution in [0.3, 0.4) is 0 Å². The highest BCUT2D eigenvalue weighted by molar-refractivity contribution is 5.81. The lowest BCUT2D eigenvalue weighted by molar-refractivity contribution is -0.137. The van der Waals surface area contributed by atoms with Crippen molar-refractivity contribution in [3.05, 3.63) is 48.0 Å². The number of hydrogen-bond acceptors (Lipinski definition) is 4. The molecule has 0 fully saturated rings. The van der Waals surface area contributed by atoms with Crippen LogP contribution in [-0.4, -0.2) is 26.5 Å². The molecule has 126 valence electrons. The molecule has 1 atom stereocenters. The Morgan fingerprint density at radius 2 is 2.04 bits per heavy atom. The van der Waals surface area contributed by atoms with E-state index in [-0.39, 0.29) is 5.92 Å². The van der Waals surface area contributed by atoms with Crippen molar-refractivity contribution in [2.45, 2.75) is 25.4 Å². The predicted octanol–water partition coefficient (Wildman–Crippen LogP) is 3.98. The minimum atomic E-state index is -4.32. The van der Waals surface area contributed by atoms with Crippen LogP contribution in [0.4, 0.5) is 19.0 Å². The van der Waals surface area contributed by atoms with Gasteiger partial charge in [0.2, 0.25) is 0 Å². The van der Waals surface area contributed by atoms with E-state index in [1.807, 2.05) is 6.92 Å². The van der Waals surface area contributed by atoms with Gasteiger partial charge < -0.3 is 10.3 Å². The zero-order chi connectivity index (χ0) is 17.2. The molecule has 0 spiro atoms. The summed E-state index contributed by atoms with van der Waals surface area (Å²) in [6.07, 6.45) is -0.695. The van der Waals surface area contributed by atoms with Crippen LogP contribution in [0.15, 0.2) is 36.9 Å². The van der Waals surface area contributed by atoms with Crippen molar-refractivity contribution in [2.75, 3.05) is 11.9 Å². The molecule has 8 heteroatoms. The van der Waals surface area contributed by atoms with E-state index >= 15 is 0 Å². The highest BCUT2D eigenvalue weighted by atomic mass is 19.4. The summed E-state index contributed by atoms with van der Waals surface area (Å²) < 4.78 is 38.4. The first-order valence-electron chi connectivity index (χ1n) is 7.50. The second-order valence-electron chi connectivity index (χ2n) is 5.56. The fourth-order valence-electron chi connectivity index (χ4n) is 2.49. The average molecular weight is 335 g/mol. The number of nitrogens with one attached hydrogen (secondary N) is 2. The third kappa shape index (κ3) is 3.47. The molecule has 1 unspecified atom stereocenters. The van der Waals surface area contributed by atoms with Gasteiger partial charge in [-0.2, -0.15) is 13.2 Å². The Hall–Kier alpha value is -2.64. The third-order valence-electron chi connectivity index (χ3n) is 3.88. The number of alkyl halides is 3. The minimum absolute atomic E-state index is 0.0149. The van der Waals surface area contributed by atoms with Crippen LogP contribution >= 0.6 is 0 Å². The second kappa shape index (κ2) is 6.46. The maximum atomic E-state index is 12.8. The van der Waals surface area contributed by atoms with Gasteiger partial charge in [0, 0.05) is 6.54 Å². The van der Waals surface area contributed by atoms with Gasteiger partial charge in [0.1, 0.15) is 11.8 Å². The summed E-state index contributed by atoms with van der Waals surface area (Å²) in [5.74, 6) is 0.618. The molecule has 0 aliphatic rings. The van der Waals surface area contributed by atoms with E-state index in [4.69, 9.17) is 0 Å². The van der Waals surface area contributed by atoms with Crippen LogP contribution < -0.4 is 5.32 Å². The molecule has 5 nitrogen and oxygen atoms in total. The lowest BCUT2D eigenvalue weighted by Gasteiger charge is -2.15. The maximum absolute atomic E-state index is 12.8. The quantitative estimate of drug-likeness (QED) is 0.740. The lowest BCUT2D eigenvalue weighted by atomic mass is 9.96. The SMILES string of the molecule is CC(CCNc1ncnc2nc[nH]c12)c1cccc(C(F)(F)F)c1. The number of halogens is 3. The van der Waals surface area contributed by atoms with Crippen LogP contribution in [0.2, 0.25) is 0 Å². The number of aromatic nitrogens is 4. The van der Waals surface area contributed by atoms with Gasteiger partial charge in [0.05, 0.1) is 11.9 Å². The van der Waals surface area contributed by atoms with E-state index < -0.39 is 11.7 Å². The predicted molar refractivity (Wildman–Crippen MR) is 84.6 cm³/mol. The first-order valence-corrected chi connectivity index (χ1v) is 7.50. The average Bonchev–Trinajstić information content (AvgIpc) is 3.03. The number of hydrogen-bond donors (Lipinski definition) is 2. The van der Waals surface area contributed by atoms with Crippen molar-refractivity contribution in [1.82, 2.24) is 19.9 Å². The fourth-order valence-corrected chi connectivity index (χ4v) is 2.49. The third-order valence-corrected chi connectivity index (χ3v) is 3.88. The maximum Gasteiger partial charge on any atom is 0.416 e. The van der Waals surface area contributed by atoms with E-state index in [1.54, 1.807) is 6.07 Å². The summed E-state index contributed by atoms with van der Waals surface area (Å²) in [4.78, 5) is 15.2. The molecular formula is C16H16F3N5. The molecule has 2 N–H and O–H groups in total. The molecule has 0 bridgehead atoms. The van der Waals surface area contributed by atoms with Crippen molar-refractivity contribution < 1.29 is 13.2 Å². The molecule has 0 saturated carbocycles. The Bertz CT molecular complexity index is 828. The Kier molecular flexibility index (Phi) is 4.37. The zero-order valence-electron chi connectivity index (χ0n) is 12.9. The summed E-state index contributed by atoms with van der Waals surface area (Å²) in [7, 11) is 0. The van der Waals surface area contributed by atoms with Crippen molar-refractivity contribution >= 4 is 17.0 Å². The minimum Gasteiger partial charge on any atom is -0.368 e. The molecule has 3 rings (SSSR count). The van der Waals surface area contributed by atoms with Crippen LogP contribution in [0.1, 0.15) is 30.4 Å². The zero-order valence-corrected chi connectivity index (χ0v) is 12.9. The summed E-state index contributed by atoms with van der Waals surface area (Å²) >= 11 is 0. The fraction of sp³-hybridized carbons (Fsp3) is 0.312. The Balaban J connectivity index is 1.64. The van der Waals surface area contributed by atoms with Gasteiger partial charge in [-0.05, 0) is 24.0 Å². The number of H-pyrrole nitrogens is 1. The Morgan fingerprint density at radius 3 is 2.83 bits per heavy atom. The number of rotatable bonds is 5. The van der Waals surface area contributed by atoms with Crippen molar-refractivity contribution in [3.63, 3.8) is 0 Å². The smallest absolute Gasteiger partial charge is 0.368 e. The summed E-state index contributed by atoms with van der Waals surface area (Å²) in [6, 6.07) is 5.46. The van der Waals surface area contributed by atoms with Crippen LogP contribution in [0, 0.1) is 0 Å². The number of imidazole rings is 1. The van der Waals surface area contributed by atoms with E-state index in [2.05, 4.69) is 25.3 Å². The van der Waals surface area contributed by atoms with Crippen LogP contribution in [-0.2, 0) is 6.18 Å². The van der Waals surface area contributed by atoms with Crippen LogP contribution in [0.25, 0.3) is 11.2 Å². The monoisotopic (exact) mass is 335 g/mol. The van der Waals surface area contributed by atoms with Crippen molar-refractivity contribution in [2.24, 2.45) is 0 Å². The first kappa shape index (κ1) is 16.2. The number of fused-ring (bicyclic) bond motifs is 1. The van der Waals surface area contributed by atoms with E-state index in [0.29, 0.717) is 35.5 Å². The van der Waals surface area contributed by atoms with Gasteiger partial charge in [-0.1, -0.05) is 25.1 Å². The number of nitrogens with zero attached hydrogens (tertiary/aromatic N) is 3. The topological polar surface area (TPSA) is 66.5 Å². The first-order chi connectivity index (χ1) is 11.4. The molecule has 24 heavy (non-hydrogen) atoms. The second-order valence-corrected chi connectivity index (χ2v) is 5.56. The number of aromatic amines is 1. The molecule has 0 saturated heterocycles. The van der Waals surface area contributed by atoms with Crippen molar-refractivity contribution in [3.8, 4) is 0 Å². The van der Waals surface area contributed by atoms with Crippen molar-refractivity contribution in [1.29, 1.82) is 0 Å². The molecule has 1 aromatic carbocycles. The molecule has 0 radical (unpaired) electrons. The van der Waals surface area contributed by atoms with Gasteiger partial charge >= 0.3 is 6.18 Å². The summed E-state index contributed by atoms with van der Waals surface area (Å²) in [5, 5.41) is 3.17. The van der Waals surface area contributed by atoms with Gasteiger partial charge in [-0.15, -0.1) is 0 Å².